The molecule has 0 aliphatic heterocycles. The van der Waals surface area contributed by atoms with E-state index in [-0.39, 0.29) is 5.91 Å². The van der Waals surface area contributed by atoms with Crippen LogP contribution < -0.4 is 5.32 Å². The molecule has 1 amide bonds. The molecule has 4 aromatic rings. The molecule has 0 fully saturated rings. The number of nitrogens with zero attached hydrogens (tertiary/aromatic N) is 2. The summed E-state index contributed by atoms with van der Waals surface area (Å²) in [6.45, 7) is 2.40. The fraction of sp³-hybridized carbons (Fsp3) is 0.0833. The highest BCUT2D eigenvalue weighted by atomic mass is 16.3. The first-order valence-electron chi connectivity index (χ1n) is 9.39. The van der Waals surface area contributed by atoms with Crippen molar-refractivity contribution in [1.29, 1.82) is 0 Å². The first-order valence-corrected chi connectivity index (χ1v) is 9.39. The van der Waals surface area contributed by atoms with Gasteiger partial charge in [-0.25, -0.2) is 4.98 Å². The molecule has 144 valence electrons. The molecule has 0 saturated heterocycles. The molecule has 0 radical (unpaired) electrons. The third-order valence-electron chi connectivity index (χ3n) is 4.65. The van der Waals surface area contributed by atoms with Gasteiger partial charge in [0.25, 0.3) is 5.91 Å². The first-order chi connectivity index (χ1) is 14.2. The largest absolute Gasteiger partial charge is 0.465 e. The molecule has 0 aliphatic carbocycles. The van der Waals surface area contributed by atoms with Crippen LogP contribution >= 0.6 is 0 Å². The summed E-state index contributed by atoms with van der Waals surface area (Å²) in [6.07, 6.45) is 7.06. The minimum atomic E-state index is -0.151. The number of amides is 1. The molecule has 5 nitrogen and oxygen atoms in total. The highest BCUT2D eigenvalue weighted by Gasteiger charge is 2.13. The van der Waals surface area contributed by atoms with E-state index in [9.17, 15) is 4.79 Å². The van der Waals surface area contributed by atoms with Crippen LogP contribution in [0.2, 0.25) is 0 Å². The van der Waals surface area contributed by atoms with E-state index in [0.717, 1.165) is 22.6 Å². The summed E-state index contributed by atoms with van der Waals surface area (Å²) in [4.78, 5) is 17.2. The molecule has 0 saturated carbocycles. The number of aromatic nitrogens is 2. The Bertz CT molecular complexity index is 1110. The molecule has 1 N–H and O–H groups in total. The van der Waals surface area contributed by atoms with Crippen molar-refractivity contribution in [3.8, 4) is 5.69 Å². The second-order valence-electron chi connectivity index (χ2n) is 6.63. The molecule has 4 rings (SSSR count). The number of hydrogen-bond acceptors (Lipinski definition) is 3. The lowest BCUT2D eigenvalue weighted by Crippen LogP contribution is -2.23. The van der Waals surface area contributed by atoms with Crippen LogP contribution in [0, 0.1) is 6.92 Å². The number of benzene rings is 2. The highest BCUT2D eigenvalue weighted by Crippen LogP contribution is 2.19. The predicted molar refractivity (Wildman–Crippen MR) is 113 cm³/mol. The van der Waals surface area contributed by atoms with Crippen molar-refractivity contribution in [1.82, 2.24) is 14.9 Å². The number of hydrogen-bond donors (Lipinski definition) is 1. The van der Waals surface area contributed by atoms with Crippen LogP contribution in [0.5, 0.6) is 0 Å². The maximum absolute atomic E-state index is 12.9. The Hall–Kier alpha value is -3.86. The van der Waals surface area contributed by atoms with Gasteiger partial charge < -0.3 is 14.3 Å². The molecule has 29 heavy (non-hydrogen) atoms. The minimum absolute atomic E-state index is 0.151. The van der Waals surface area contributed by atoms with Crippen LogP contribution in [0.3, 0.4) is 0 Å². The van der Waals surface area contributed by atoms with E-state index in [1.54, 1.807) is 24.6 Å². The Morgan fingerprint density at radius 2 is 1.86 bits per heavy atom. The molecular weight excluding hydrogens is 362 g/mol. The van der Waals surface area contributed by atoms with Crippen molar-refractivity contribution >= 4 is 17.6 Å². The van der Waals surface area contributed by atoms with Gasteiger partial charge in [-0.15, -0.1) is 0 Å². The Labute approximate surface area is 169 Å². The van der Waals surface area contributed by atoms with Crippen LogP contribution in [0.4, 0.5) is 0 Å². The second-order valence-corrected chi connectivity index (χ2v) is 6.63. The van der Waals surface area contributed by atoms with Gasteiger partial charge in [-0.05, 0) is 48.4 Å². The average molecular weight is 383 g/mol. The van der Waals surface area contributed by atoms with Crippen LogP contribution in [0.15, 0.2) is 89.8 Å². The lowest BCUT2D eigenvalue weighted by atomic mass is 10.0. The van der Waals surface area contributed by atoms with Gasteiger partial charge in [0.1, 0.15) is 11.6 Å². The third-order valence-corrected chi connectivity index (χ3v) is 4.65. The summed E-state index contributed by atoms with van der Waals surface area (Å²) in [5.74, 6) is 1.42. The normalized spacial score (nSPS) is 11.4. The van der Waals surface area contributed by atoms with Gasteiger partial charge in [0.05, 0.1) is 11.8 Å². The molecule has 2 heterocycles. The van der Waals surface area contributed by atoms with Crippen molar-refractivity contribution < 1.29 is 9.21 Å². The van der Waals surface area contributed by atoms with Crippen LogP contribution in [-0.2, 0) is 11.3 Å². The SMILES string of the molecule is Cc1nccn1-c1ccc(CNC(=O)/C(=C/c2ccco2)c2ccccc2)cc1. The standard InChI is InChI=1S/C24H21N3O2/c1-18-25-13-14-27(18)21-11-9-19(10-12-21)17-26-24(28)23(16-22-8-5-15-29-22)20-6-3-2-4-7-20/h2-16H,17H2,1H3,(H,26,28)/b23-16+. The van der Waals surface area contributed by atoms with E-state index in [2.05, 4.69) is 10.3 Å². The van der Waals surface area contributed by atoms with Gasteiger partial charge in [0.2, 0.25) is 0 Å². The number of nitrogens with one attached hydrogen (secondary N) is 1. The van der Waals surface area contributed by atoms with Crippen LogP contribution in [-0.4, -0.2) is 15.5 Å². The quantitative estimate of drug-likeness (QED) is 0.494. The number of carbonyl (C=O) groups is 1. The van der Waals surface area contributed by atoms with E-state index in [1.807, 2.05) is 78.4 Å². The zero-order valence-corrected chi connectivity index (χ0v) is 16.1. The Morgan fingerprint density at radius 3 is 2.52 bits per heavy atom. The lowest BCUT2D eigenvalue weighted by molar-refractivity contribution is -0.115. The van der Waals surface area contributed by atoms with Crippen LogP contribution in [0.25, 0.3) is 17.3 Å². The molecular formula is C24H21N3O2. The van der Waals surface area contributed by atoms with Crippen molar-refractivity contribution in [2.75, 3.05) is 0 Å². The fourth-order valence-corrected chi connectivity index (χ4v) is 3.12. The molecule has 0 spiro atoms. The van der Waals surface area contributed by atoms with E-state index in [0.29, 0.717) is 17.9 Å². The summed E-state index contributed by atoms with van der Waals surface area (Å²) in [7, 11) is 0. The number of carbonyl (C=O) groups excluding carboxylic acids is 1. The lowest BCUT2D eigenvalue weighted by Gasteiger charge is -2.10. The van der Waals surface area contributed by atoms with Gasteiger partial charge in [-0.2, -0.15) is 0 Å². The van der Waals surface area contributed by atoms with Gasteiger partial charge in [0, 0.05) is 24.6 Å². The van der Waals surface area contributed by atoms with E-state index in [1.165, 1.54) is 0 Å². The second kappa shape index (κ2) is 8.44. The van der Waals surface area contributed by atoms with Gasteiger partial charge >= 0.3 is 0 Å². The third kappa shape index (κ3) is 4.35. The van der Waals surface area contributed by atoms with E-state index >= 15 is 0 Å². The number of aryl methyl sites for hydroxylation is 1. The molecule has 2 aromatic carbocycles. The molecule has 0 bridgehead atoms. The van der Waals surface area contributed by atoms with E-state index in [4.69, 9.17) is 4.42 Å². The molecule has 5 heteroatoms. The summed E-state index contributed by atoms with van der Waals surface area (Å²) < 4.78 is 7.41. The van der Waals surface area contributed by atoms with Crippen molar-refractivity contribution in [3.63, 3.8) is 0 Å². The summed E-state index contributed by atoms with van der Waals surface area (Å²) in [5, 5.41) is 3.01. The fourth-order valence-electron chi connectivity index (χ4n) is 3.12. The minimum Gasteiger partial charge on any atom is -0.465 e. The zero-order valence-electron chi connectivity index (χ0n) is 16.1. The van der Waals surface area contributed by atoms with Crippen molar-refractivity contribution in [3.05, 3.63) is 108 Å². The summed E-state index contributed by atoms with van der Waals surface area (Å²) in [6, 6.07) is 21.3. The Morgan fingerprint density at radius 1 is 1.07 bits per heavy atom. The Kier molecular flexibility index (Phi) is 5.38. The van der Waals surface area contributed by atoms with Gasteiger partial charge in [-0.3, -0.25) is 4.79 Å². The maximum Gasteiger partial charge on any atom is 0.252 e. The molecule has 0 atom stereocenters. The first kappa shape index (κ1) is 18.5. The molecule has 0 unspecified atom stereocenters. The van der Waals surface area contributed by atoms with E-state index < -0.39 is 0 Å². The van der Waals surface area contributed by atoms with Crippen molar-refractivity contribution in [2.45, 2.75) is 13.5 Å². The zero-order chi connectivity index (χ0) is 20.1. The topological polar surface area (TPSA) is 60.1 Å². The van der Waals surface area contributed by atoms with Gasteiger partial charge in [-0.1, -0.05) is 42.5 Å². The van der Waals surface area contributed by atoms with Gasteiger partial charge in [0.15, 0.2) is 0 Å². The summed E-state index contributed by atoms with van der Waals surface area (Å²) in [5.41, 5.74) is 3.46. The number of imidazole rings is 1. The smallest absolute Gasteiger partial charge is 0.252 e. The Balaban J connectivity index is 1.49. The molecule has 0 aliphatic rings. The highest BCUT2D eigenvalue weighted by molar-refractivity contribution is 6.23. The maximum atomic E-state index is 12.9. The van der Waals surface area contributed by atoms with Crippen molar-refractivity contribution in [2.24, 2.45) is 0 Å². The average Bonchev–Trinajstić information content (AvgIpc) is 3.43. The van der Waals surface area contributed by atoms with Crippen LogP contribution in [0.1, 0.15) is 22.7 Å². The monoisotopic (exact) mass is 383 g/mol. The predicted octanol–water partition coefficient (Wildman–Crippen LogP) is 4.63. The summed E-state index contributed by atoms with van der Waals surface area (Å²) >= 11 is 0. The number of furan rings is 1. The molecule has 2 aromatic heterocycles. The number of rotatable bonds is 6.